The number of fused-ring (bicyclic) bond motifs is 1. The molecule has 6 heteroatoms. The molecule has 0 aromatic heterocycles. The lowest BCUT2D eigenvalue weighted by atomic mass is 10.0. The highest BCUT2D eigenvalue weighted by Crippen LogP contribution is 2.28. The van der Waals surface area contributed by atoms with Gasteiger partial charge in [0.25, 0.3) is 5.91 Å². The van der Waals surface area contributed by atoms with Gasteiger partial charge in [-0.3, -0.25) is 4.79 Å². The standard InChI is InChI=1S/C23H25NO5/c1-16(23(26)24-14-6-8-17-7-4-5-9-20(17)24)29-22(25)13-10-18-15-19(27-2)11-12-21(18)28-3/h4-5,7,9-13,15-16H,6,8,14H2,1-3H3/b13-10+. The summed E-state index contributed by atoms with van der Waals surface area (Å²) in [5.74, 6) is 0.425. The van der Waals surface area contributed by atoms with Crippen LogP contribution in [0.5, 0.6) is 11.5 Å². The number of carbonyl (C=O) groups is 2. The molecule has 1 amide bonds. The molecular weight excluding hydrogens is 370 g/mol. The Morgan fingerprint density at radius 2 is 1.90 bits per heavy atom. The molecule has 1 unspecified atom stereocenters. The fourth-order valence-electron chi connectivity index (χ4n) is 3.37. The molecule has 0 saturated carbocycles. The molecule has 6 nitrogen and oxygen atoms in total. The number of methoxy groups -OCH3 is 2. The molecule has 1 aliphatic rings. The largest absolute Gasteiger partial charge is 0.497 e. The first kappa shape index (κ1) is 20.5. The summed E-state index contributed by atoms with van der Waals surface area (Å²) in [6.45, 7) is 2.21. The van der Waals surface area contributed by atoms with Crippen LogP contribution in [-0.2, 0) is 20.7 Å². The fraction of sp³-hybridized carbons (Fsp3) is 0.304. The van der Waals surface area contributed by atoms with Gasteiger partial charge in [0.1, 0.15) is 11.5 Å². The van der Waals surface area contributed by atoms with E-state index >= 15 is 0 Å². The number of hydrogen-bond acceptors (Lipinski definition) is 5. The van der Waals surface area contributed by atoms with E-state index in [1.54, 1.807) is 50.3 Å². The van der Waals surface area contributed by atoms with Crippen molar-refractivity contribution in [2.24, 2.45) is 0 Å². The Bertz CT molecular complexity index is 921. The lowest BCUT2D eigenvalue weighted by Gasteiger charge is -2.31. The lowest BCUT2D eigenvalue weighted by molar-refractivity contribution is -0.149. The molecule has 1 aliphatic heterocycles. The molecule has 0 aliphatic carbocycles. The second-order valence-corrected chi connectivity index (χ2v) is 6.74. The van der Waals surface area contributed by atoms with E-state index in [4.69, 9.17) is 14.2 Å². The molecule has 0 bridgehead atoms. The Labute approximate surface area is 170 Å². The van der Waals surface area contributed by atoms with Gasteiger partial charge in [0.15, 0.2) is 6.10 Å². The van der Waals surface area contributed by atoms with Crippen LogP contribution < -0.4 is 14.4 Å². The number of para-hydroxylation sites is 1. The second kappa shape index (κ2) is 9.28. The number of nitrogens with zero attached hydrogens (tertiary/aromatic N) is 1. The number of anilines is 1. The molecule has 2 aromatic carbocycles. The maximum absolute atomic E-state index is 12.8. The number of rotatable bonds is 6. The van der Waals surface area contributed by atoms with Gasteiger partial charge in [-0.05, 0) is 55.7 Å². The van der Waals surface area contributed by atoms with Crippen molar-refractivity contribution in [3.8, 4) is 11.5 Å². The minimum absolute atomic E-state index is 0.224. The normalized spacial score (nSPS) is 14.2. The first-order valence-electron chi connectivity index (χ1n) is 9.53. The lowest BCUT2D eigenvalue weighted by Crippen LogP contribution is -2.42. The SMILES string of the molecule is COc1ccc(OC)c(/C=C/C(=O)OC(C)C(=O)N2CCCc3ccccc32)c1. The average Bonchev–Trinajstić information content (AvgIpc) is 2.76. The Kier molecular flexibility index (Phi) is 6.54. The number of esters is 1. The Morgan fingerprint density at radius 1 is 1.10 bits per heavy atom. The third-order valence-corrected chi connectivity index (χ3v) is 4.85. The molecule has 1 atom stereocenters. The van der Waals surface area contributed by atoms with Crippen LogP contribution in [0.3, 0.4) is 0 Å². The van der Waals surface area contributed by atoms with Gasteiger partial charge in [-0.1, -0.05) is 18.2 Å². The van der Waals surface area contributed by atoms with Crippen molar-refractivity contribution in [1.82, 2.24) is 0 Å². The topological polar surface area (TPSA) is 65.1 Å². The van der Waals surface area contributed by atoms with Crippen molar-refractivity contribution in [3.63, 3.8) is 0 Å². The highest BCUT2D eigenvalue weighted by Gasteiger charge is 2.27. The van der Waals surface area contributed by atoms with Crippen molar-refractivity contribution in [2.45, 2.75) is 25.9 Å². The van der Waals surface area contributed by atoms with Crippen LogP contribution in [0.1, 0.15) is 24.5 Å². The van der Waals surface area contributed by atoms with Crippen LogP contribution >= 0.6 is 0 Å². The molecule has 152 valence electrons. The van der Waals surface area contributed by atoms with Gasteiger partial charge >= 0.3 is 5.97 Å². The monoisotopic (exact) mass is 395 g/mol. The highest BCUT2D eigenvalue weighted by atomic mass is 16.5. The van der Waals surface area contributed by atoms with Gasteiger partial charge in [-0.25, -0.2) is 4.79 Å². The Hall–Kier alpha value is -3.28. The van der Waals surface area contributed by atoms with E-state index in [2.05, 4.69) is 0 Å². The summed E-state index contributed by atoms with van der Waals surface area (Å²) in [7, 11) is 3.12. The summed E-state index contributed by atoms with van der Waals surface area (Å²) in [5.41, 5.74) is 2.70. The summed E-state index contributed by atoms with van der Waals surface area (Å²) in [6, 6.07) is 13.1. The van der Waals surface area contributed by atoms with E-state index in [0.717, 1.165) is 24.1 Å². The van der Waals surface area contributed by atoms with Crippen LogP contribution in [0.15, 0.2) is 48.5 Å². The van der Waals surface area contributed by atoms with Gasteiger partial charge in [0.2, 0.25) is 0 Å². The highest BCUT2D eigenvalue weighted by molar-refractivity contribution is 5.99. The van der Waals surface area contributed by atoms with Gasteiger partial charge in [0, 0.05) is 23.9 Å². The Morgan fingerprint density at radius 3 is 2.66 bits per heavy atom. The van der Waals surface area contributed by atoms with Crippen LogP contribution in [0, 0.1) is 0 Å². The molecule has 0 saturated heterocycles. The minimum Gasteiger partial charge on any atom is -0.497 e. The summed E-state index contributed by atoms with van der Waals surface area (Å²) >= 11 is 0. The maximum atomic E-state index is 12.8. The predicted octanol–water partition coefficient (Wildman–Crippen LogP) is 3.63. The molecule has 1 heterocycles. The van der Waals surface area contributed by atoms with Gasteiger partial charge in [-0.2, -0.15) is 0 Å². The van der Waals surface area contributed by atoms with Crippen molar-refractivity contribution in [3.05, 3.63) is 59.7 Å². The van der Waals surface area contributed by atoms with Gasteiger partial charge in [-0.15, -0.1) is 0 Å². The quantitative estimate of drug-likeness (QED) is 0.552. The molecule has 0 fully saturated rings. The van der Waals surface area contributed by atoms with Gasteiger partial charge in [0.05, 0.1) is 14.2 Å². The zero-order chi connectivity index (χ0) is 20.8. The molecule has 0 spiro atoms. The number of carbonyl (C=O) groups excluding carboxylic acids is 2. The van der Waals surface area contributed by atoms with E-state index < -0.39 is 12.1 Å². The fourth-order valence-corrected chi connectivity index (χ4v) is 3.37. The van der Waals surface area contributed by atoms with E-state index in [1.165, 1.54) is 6.08 Å². The summed E-state index contributed by atoms with van der Waals surface area (Å²) < 4.78 is 15.8. The van der Waals surface area contributed by atoms with Crippen molar-refractivity contribution in [2.75, 3.05) is 25.7 Å². The zero-order valence-electron chi connectivity index (χ0n) is 16.9. The zero-order valence-corrected chi connectivity index (χ0v) is 16.9. The number of ether oxygens (including phenoxy) is 3. The van der Waals surface area contributed by atoms with Crippen molar-refractivity contribution < 1.29 is 23.8 Å². The third kappa shape index (κ3) is 4.77. The molecular formula is C23H25NO5. The van der Waals surface area contributed by atoms with E-state index in [1.807, 2.05) is 24.3 Å². The third-order valence-electron chi connectivity index (χ3n) is 4.85. The summed E-state index contributed by atoms with van der Waals surface area (Å²) in [6.07, 6.45) is 3.81. The molecule has 0 radical (unpaired) electrons. The van der Waals surface area contributed by atoms with E-state index in [9.17, 15) is 9.59 Å². The number of hydrogen-bond donors (Lipinski definition) is 0. The summed E-state index contributed by atoms with van der Waals surface area (Å²) in [5, 5.41) is 0. The first-order valence-corrected chi connectivity index (χ1v) is 9.53. The maximum Gasteiger partial charge on any atom is 0.331 e. The van der Waals surface area contributed by atoms with E-state index in [0.29, 0.717) is 23.6 Å². The molecule has 0 N–H and O–H groups in total. The van der Waals surface area contributed by atoms with Crippen LogP contribution in [0.2, 0.25) is 0 Å². The van der Waals surface area contributed by atoms with Gasteiger partial charge < -0.3 is 19.1 Å². The smallest absolute Gasteiger partial charge is 0.331 e. The number of aryl methyl sites for hydroxylation is 1. The number of benzene rings is 2. The molecule has 3 rings (SSSR count). The van der Waals surface area contributed by atoms with Crippen molar-refractivity contribution >= 4 is 23.6 Å². The van der Waals surface area contributed by atoms with Crippen molar-refractivity contribution in [1.29, 1.82) is 0 Å². The first-order chi connectivity index (χ1) is 14.0. The van der Waals surface area contributed by atoms with Crippen LogP contribution in [-0.4, -0.2) is 38.7 Å². The average molecular weight is 395 g/mol. The molecule has 2 aromatic rings. The van der Waals surface area contributed by atoms with E-state index in [-0.39, 0.29) is 5.91 Å². The minimum atomic E-state index is -0.884. The Balaban J connectivity index is 1.67. The predicted molar refractivity (Wildman–Crippen MR) is 111 cm³/mol. The van der Waals surface area contributed by atoms with Crippen LogP contribution in [0.4, 0.5) is 5.69 Å². The molecule has 29 heavy (non-hydrogen) atoms. The second-order valence-electron chi connectivity index (χ2n) is 6.74. The number of amides is 1. The summed E-state index contributed by atoms with van der Waals surface area (Å²) in [4.78, 5) is 26.8. The van der Waals surface area contributed by atoms with Crippen LogP contribution in [0.25, 0.3) is 6.08 Å².